The average molecular weight is 570 g/mol. The van der Waals surface area contributed by atoms with Crippen LogP contribution < -0.4 is 20.3 Å². The van der Waals surface area contributed by atoms with Gasteiger partial charge in [-0.25, -0.2) is 19.4 Å². The van der Waals surface area contributed by atoms with Gasteiger partial charge in [0.05, 0.1) is 6.20 Å². The Kier molecular flexibility index (Phi) is 10.7. The van der Waals surface area contributed by atoms with Crippen molar-refractivity contribution in [1.29, 1.82) is 0 Å². The van der Waals surface area contributed by atoms with E-state index >= 15 is 0 Å². The molecule has 3 amide bonds. The first-order chi connectivity index (χ1) is 19.4. The first kappa shape index (κ1) is 31.4. The SMILES string of the molecule is CCN(CC)c1ncc(NC(=O)N(C)C)c(N[C@@H](Cc2ccc(OC(=O)N3CCCC3)cc2)C(=O)OC(C)(C)C)n1. The number of anilines is 3. The number of hydrogen-bond acceptors (Lipinski definition) is 9. The van der Waals surface area contributed by atoms with E-state index in [9.17, 15) is 14.4 Å². The van der Waals surface area contributed by atoms with Crippen molar-refractivity contribution in [2.75, 3.05) is 55.8 Å². The molecule has 1 saturated heterocycles. The Morgan fingerprint density at radius 2 is 1.68 bits per heavy atom. The van der Waals surface area contributed by atoms with E-state index in [1.54, 1.807) is 51.9 Å². The zero-order valence-electron chi connectivity index (χ0n) is 25.2. The van der Waals surface area contributed by atoms with Gasteiger partial charge in [0.2, 0.25) is 5.95 Å². The Morgan fingerprint density at radius 3 is 2.24 bits per heavy atom. The largest absolute Gasteiger partial charge is 0.458 e. The molecule has 2 N–H and O–H groups in total. The molecule has 12 nitrogen and oxygen atoms in total. The van der Waals surface area contributed by atoms with Crippen LogP contribution >= 0.6 is 0 Å². The lowest BCUT2D eigenvalue weighted by Gasteiger charge is -2.26. The summed E-state index contributed by atoms with van der Waals surface area (Å²) in [5.41, 5.74) is 0.425. The van der Waals surface area contributed by atoms with Crippen molar-refractivity contribution in [2.24, 2.45) is 0 Å². The molecule has 0 radical (unpaired) electrons. The highest BCUT2D eigenvalue weighted by molar-refractivity contribution is 5.92. The minimum atomic E-state index is -0.846. The standard InChI is InChI=1S/C29H43N7O5/c1-8-35(9-2)26-30-19-23(32-27(38)34(6)7)24(33-26)31-22(25(37)41-29(3,4)5)18-20-12-14-21(15-13-20)40-28(39)36-16-10-11-17-36/h12-15,19,22H,8-11,16-18H2,1-7H3,(H,32,38)(H,30,31,33)/t22-/m0/s1. The van der Waals surface area contributed by atoms with Gasteiger partial charge in [-0.1, -0.05) is 12.1 Å². The van der Waals surface area contributed by atoms with E-state index in [-0.39, 0.29) is 18.5 Å². The first-order valence-electron chi connectivity index (χ1n) is 14.1. The van der Waals surface area contributed by atoms with Crippen molar-refractivity contribution in [1.82, 2.24) is 19.8 Å². The van der Waals surface area contributed by atoms with Gasteiger partial charge in [-0.3, -0.25) is 0 Å². The third kappa shape index (κ3) is 9.22. The fourth-order valence-corrected chi connectivity index (χ4v) is 4.19. The van der Waals surface area contributed by atoms with Crippen molar-refractivity contribution in [3.05, 3.63) is 36.0 Å². The number of urea groups is 1. The van der Waals surface area contributed by atoms with Crippen molar-refractivity contribution < 1.29 is 23.9 Å². The van der Waals surface area contributed by atoms with Crippen LogP contribution in [0.15, 0.2) is 30.5 Å². The molecule has 1 atom stereocenters. The second-order valence-electron chi connectivity index (χ2n) is 11.1. The number of ether oxygens (including phenoxy) is 2. The predicted molar refractivity (Wildman–Crippen MR) is 159 cm³/mol. The molecule has 41 heavy (non-hydrogen) atoms. The Hall–Kier alpha value is -4.09. The zero-order chi connectivity index (χ0) is 30.2. The fourth-order valence-electron chi connectivity index (χ4n) is 4.19. The monoisotopic (exact) mass is 569 g/mol. The molecule has 0 spiro atoms. The molecule has 1 aliphatic rings. The van der Waals surface area contributed by atoms with Crippen LogP contribution in [0.4, 0.5) is 27.0 Å². The maximum atomic E-state index is 13.4. The van der Waals surface area contributed by atoms with Gasteiger partial charge in [0.15, 0.2) is 5.82 Å². The number of carbonyl (C=O) groups excluding carboxylic acids is 3. The van der Waals surface area contributed by atoms with Crippen LogP contribution in [0.5, 0.6) is 5.75 Å². The van der Waals surface area contributed by atoms with Gasteiger partial charge in [-0.15, -0.1) is 0 Å². The predicted octanol–water partition coefficient (Wildman–Crippen LogP) is 4.38. The van der Waals surface area contributed by atoms with Gasteiger partial charge in [0, 0.05) is 46.7 Å². The van der Waals surface area contributed by atoms with E-state index in [1.165, 1.54) is 11.1 Å². The molecule has 224 valence electrons. The molecule has 0 saturated carbocycles. The summed E-state index contributed by atoms with van der Waals surface area (Å²) in [5.74, 6) is 0.715. The van der Waals surface area contributed by atoms with E-state index in [0.29, 0.717) is 49.4 Å². The van der Waals surface area contributed by atoms with Gasteiger partial charge in [0.1, 0.15) is 23.1 Å². The lowest BCUT2D eigenvalue weighted by atomic mass is 10.1. The molecule has 0 unspecified atom stereocenters. The van der Waals surface area contributed by atoms with E-state index in [4.69, 9.17) is 9.47 Å². The Bertz CT molecular complexity index is 1190. The topological polar surface area (TPSA) is 129 Å². The molecule has 1 aliphatic heterocycles. The van der Waals surface area contributed by atoms with Gasteiger partial charge < -0.3 is 34.8 Å². The van der Waals surface area contributed by atoms with Crippen molar-refractivity contribution in [2.45, 2.75) is 65.5 Å². The van der Waals surface area contributed by atoms with Gasteiger partial charge >= 0.3 is 18.1 Å². The van der Waals surface area contributed by atoms with E-state index in [1.807, 2.05) is 30.9 Å². The number of esters is 1. The molecule has 2 aromatic rings. The fraction of sp³-hybridized carbons (Fsp3) is 0.552. The number of carbonyl (C=O) groups is 3. The summed E-state index contributed by atoms with van der Waals surface area (Å²) in [7, 11) is 3.26. The number of likely N-dealkylation sites (tertiary alicyclic amines) is 1. The highest BCUT2D eigenvalue weighted by Gasteiger charge is 2.28. The summed E-state index contributed by atoms with van der Waals surface area (Å²) >= 11 is 0. The number of rotatable bonds is 10. The molecule has 1 fully saturated rings. The van der Waals surface area contributed by atoms with E-state index in [2.05, 4.69) is 20.6 Å². The number of nitrogens with one attached hydrogen (secondary N) is 2. The van der Waals surface area contributed by atoms with Gasteiger partial charge in [-0.2, -0.15) is 4.98 Å². The highest BCUT2D eigenvalue weighted by atomic mass is 16.6. The number of nitrogens with zero attached hydrogens (tertiary/aromatic N) is 5. The van der Waals surface area contributed by atoms with Crippen LogP contribution in [0.25, 0.3) is 0 Å². The minimum Gasteiger partial charge on any atom is -0.458 e. The van der Waals surface area contributed by atoms with Crippen LogP contribution in [-0.4, -0.2) is 89.8 Å². The molecular weight excluding hydrogens is 526 g/mol. The van der Waals surface area contributed by atoms with Crippen LogP contribution in [0.3, 0.4) is 0 Å². The summed E-state index contributed by atoms with van der Waals surface area (Å²) in [6.45, 7) is 12.2. The van der Waals surface area contributed by atoms with Gasteiger partial charge in [0.25, 0.3) is 0 Å². The Labute approximate surface area is 242 Å². The molecule has 12 heteroatoms. The third-order valence-electron chi connectivity index (χ3n) is 6.40. The molecule has 0 bridgehead atoms. The molecule has 1 aromatic heterocycles. The zero-order valence-corrected chi connectivity index (χ0v) is 25.2. The smallest absolute Gasteiger partial charge is 0.415 e. The summed E-state index contributed by atoms with van der Waals surface area (Å²) in [5, 5.41) is 6.01. The van der Waals surface area contributed by atoms with E-state index in [0.717, 1.165) is 18.4 Å². The quantitative estimate of drug-likeness (QED) is 0.401. The average Bonchev–Trinajstić information content (AvgIpc) is 3.45. The van der Waals surface area contributed by atoms with Crippen LogP contribution in [0.2, 0.25) is 0 Å². The highest BCUT2D eigenvalue weighted by Crippen LogP contribution is 2.25. The number of aromatic nitrogens is 2. The minimum absolute atomic E-state index is 0.251. The summed E-state index contributed by atoms with van der Waals surface area (Å²) in [6, 6.07) is 5.83. The first-order valence-corrected chi connectivity index (χ1v) is 14.1. The molecule has 2 heterocycles. The van der Waals surface area contributed by atoms with Crippen LogP contribution in [-0.2, 0) is 16.0 Å². The summed E-state index contributed by atoms with van der Waals surface area (Å²) < 4.78 is 11.2. The Balaban J connectivity index is 1.88. The molecule has 3 rings (SSSR count). The maximum Gasteiger partial charge on any atom is 0.415 e. The molecule has 1 aromatic carbocycles. The number of benzene rings is 1. The van der Waals surface area contributed by atoms with Crippen molar-refractivity contribution in [3.63, 3.8) is 0 Å². The van der Waals surface area contributed by atoms with E-state index < -0.39 is 17.6 Å². The lowest BCUT2D eigenvalue weighted by Crippen LogP contribution is -2.39. The number of hydrogen-bond donors (Lipinski definition) is 2. The third-order valence-corrected chi connectivity index (χ3v) is 6.40. The van der Waals surface area contributed by atoms with Crippen molar-refractivity contribution >= 4 is 35.5 Å². The lowest BCUT2D eigenvalue weighted by molar-refractivity contribution is -0.155. The second kappa shape index (κ2) is 14.0. The number of amides is 3. The van der Waals surface area contributed by atoms with Crippen molar-refractivity contribution in [3.8, 4) is 5.75 Å². The second-order valence-corrected chi connectivity index (χ2v) is 11.1. The molecular formula is C29H43N7O5. The Morgan fingerprint density at radius 1 is 1.05 bits per heavy atom. The normalized spacial score (nSPS) is 13.8. The maximum absolute atomic E-state index is 13.4. The summed E-state index contributed by atoms with van der Waals surface area (Å²) in [6.07, 6.45) is 3.39. The van der Waals surface area contributed by atoms with Crippen LogP contribution in [0, 0.1) is 0 Å². The molecule has 0 aliphatic carbocycles. The summed E-state index contributed by atoms with van der Waals surface area (Å²) in [4.78, 5) is 52.4. The van der Waals surface area contributed by atoms with Crippen LogP contribution in [0.1, 0.15) is 53.0 Å². The van der Waals surface area contributed by atoms with Gasteiger partial charge in [-0.05, 0) is 65.2 Å².